The van der Waals surface area contributed by atoms with Gasteiger partial charge in [0.15, 0.2) is 5.76 Å². The van der Waals surface area contributed by atoms with Gasteiger partial charge in [0.1, 0.15) is 11.4 Å². The molecule has 2 heterocycles. The second-order valence-electron chi connectivity index (χ2n) is 7.72. The van der Waals surface area contributed by atoms with Crippen LogP contribution in [-0.4, -0.2) is 29.4 Å². The smallest absolute Gasteiger partial charge is 0.271 e. The van der Waals surface area contributed by atoms with Gasteiger partial charge >= 0.3 is 0 Å². The molecule has 1 fully saturated rings. The molecule has 8 nitrogen and oxygen atoms in total. The summed E-state index contributed by atoms with van der Waals surface area (Å²) in [5.74, 6) is 0.479. The molecule has 0 radical (unpaired) electrons. The Bertz CT molecular complexity index is 1230. The quantitative estimate of drug-likeness (QED) is 0.669. The van der Waals surface area contributed by atoms with Gasteiger partial charge in [0.2, 0.25) is 10.0 Å². The molecule has 0 aliphatic heterocycles. The van der Waals surface area contributed by atoms with Crippen molar-refractivity contribution >= 4 is 10.0 Å². The Morgan fingerprint density at radius 1 is 1.10 bits per heavy atom. The molecule has 3 aromatic rings. The van der Waals surface area contributed by atoms with Crippen molar-refractivity contribution in [3.8, 4) is 16.9 Å². The van der Waals surface area contributed by atoms with Crippen molar-refractivity contribution in [2.45, 2.75) is 57.4 Å². The average Bonchev–Trinajstić information content (AvgIpc) is 3.32. The van der Waals surface area contributed by atoms with E-state index in [1.54, 1.807) is 45.0 Å². The van der Waals surface area contributed by atoms with E-state index in [9.17, 15) is 13.2 Å². The Balaban J connectivity index is 1.76. The molecular weight excluding hydrogens is 404 g/mol. The van der Waals surface area contributed by atoms with E-state index in [1.807, 2.05) is 0 Å². The first kappa shape index (κ1) is 20.5. The standard InChI is InChI=1S/C21H24N4O4S/c1-13-8-9-16(12-19(13)30(27,28)24-17-6-4-5-7-17)18-10-11-20(26)25(22-18)21-14(2)23-29-15(21)3/h8-12,17,24H,4-7H2,1-3H3. The third-order valence-electron chi connectivity index (χ3n) is 5.46. The number of hydrogen-bond donors (Lipinski definition) is 1. The maximum Gasteiger partial charge on any atom is 0.271 e. The van der Waals surface area contributed by atoms with Crippen molar-refractivity contribution in [2.24, 2.45) is 0 Å². The number of aryl methyl sites for hydroxylation is 3. The van der Waals surface area contributed by atoms with Crippen LogP contribution in [-0.2, 0) is 10.0 Å². The van der Waals surface area contributed by atoms with E-state index in [-0.39, 0.29) is 16.5 Å². The van der Waals surface area contributed by atoms with E-state index in [4.69, 9.17) is 4.52 Å². The topological polar surface area (TPSA) is 107 Å². The second-order valence-corrected chi connectivity index (χ2v) is 9.41. The molecule has 1 saturated carbocycles. The van der Waals surface area contributed by atoms with Gasteiger partial charge in [-0.15, -0.1) is 0 Å². The first-order valence-corrected chi connectivity index (χ1v) is 11.4. The van der Waals surface area contributed by atoms with Crippen molar-refractivity contribution in [3.63, 3.8) is 0 Å². The second kappa shape index (κ2) is 7.81. The fourth-order valence-electron chi connectivity index (χ4n) is 3.88. The Kier molecular flexibility index (Phi) is 5.33. The van der Waals surface area contributed by atoms with Crippen LogP contribution in [0.4, 0.5) is 0 Å². The van der Waals surface area contributed by atoms with Crippen LogP contribution in [0.2, 0.25) is 0 Å². The lowest BCUT2D eigenvalue weighted by atomic mass is 10.1. The van der Waals surface area contributed by atoms with Crippen molar-refractivity contribution in [1.29, 1.82) is 0 Å². The molecule has 30 heavy (non-hydrogen) atoms. The zero-order valence-corrected chi connectivity index (χ0v) is 18.0. The lowest BCUT2D eigenvalue weighted by Gasteiger charge is -2.15. The van der Waals surface area contributed by atoms with Gasteiger partial charge in [0.05, 0.1) is 10.6 Å². The molecule has 1 aromatic carbocycles. The van der Waals surface area contributed by atoms with Crippen LogP contribution in [0.1, 0.15) is 42.7 Å². The van der Waals surface area contributed by atoms with Gasteiger partial charge in [-0.25, -0.2) is 13.1 Å². The van der Waals surface area contributed by atoms with E-state index >= 15 is 0 Å². The highest BCUT2D eigenvalue weighted by molar-refractivity contribution is 7.89. The molecule has 0 bridgehead atoms. The normalized spacial score (nSPS) is 15.0. The lowest BCUT2D eigenvalue weighted by Crippen LogP contribution is -2.33. The summed E-state index contributed by atoms with van der Waals surface area (Å²) in [5.41, 5.74) is 2.45. The van der Waals surface area contributed by atoms with Crippen LogP contribution < -0.4 is 10.3 Å². The average molecular weight is 429 g/mol. The molecule has 1 N–H and O–H groups in total. The minimum Gasteiger partial charge on any atom is -0.359 e. The van der Waals surface area contributed by atoms with Crippen molar-refractivity contribution in [3.05, 3.63) is 57.7 Å². The van der Waals surface area contributed by atoms with Gasteiger partial charge in [-0.2, -0.15) is 9.78 Å². The van der Waals surface area contributed by atoms with Crippen LogP contribution >= 0.6 is 0 Å². The molecule has 4 rings (SSSR count). The van der Waals surface area contributed by atoms with Crippen LogP contribution in [0.15, 0.2) is 44.5 Å². The Labute approximate surface area is 175 Å². The zero-order valence-electron chi connectivity index (χ0n) is 17.2. The molecule has 9 heteroatoms. The Morgan fingerprint density at radius 2 is 1.83 bits per heavy atom. The number of nitrogens with zero attached hydrogens (tertiary/aromatic N) is 3. The van der Waals surface area contributed by atoms with Gasteiger partial charge in [0.25, 0.3) is 5.56 Å². The van der Waals surface area contributed by atoms with Crippen LogP contribution in [0, 0.1) is 20.8 Å². The summed E-state index contributed by atoms with van der Waals surface area (Å²) in [5, 5.41) is 8.33. The summed E-state index contributed by atoms with van der Waals surface area (Å²) in [6.45, 7) is 5.21. The van der Waals surface area contributed by atoms with Crippen molar-refractivity contribution < 1.29 is 12.9 Å². The molecule has 2 aromatic heterocycles. The predicted octanol–water partition coefficient (Wildman–Crippen LogP) is 3.03. The Hall–Kier alpha value is -2.78. The maximum absolute atomic E-state index is 13.0. The summed E-state index contributed by atoms with van der Waals surface area (Å²) in [7, 11) is -3.65. The minimum atomic E-state index is -3.65. The van der Waals surface area contributed by atoms with Gasteiger partial charge in [-0.1, -0.05) is 30.1 Å². The highest BCUT2D eigenvalue weighted by Gasteiger charge is 2.25. The predicted molar refractivity (Wildman–Crippen MR) is 112 cm³/mol. The molecule has 0 atom stereocenters. The van der Waals surface area contributed by atoms with Crippen molar-refractivity contribution in [1.82, 2.24) is 19.7 Å². The van der Waals surface area contributed by atoms with E-state index < -0.39 is 10.0 Å². The molecule has 0 unspecified atom stereocenters. The number of rotatable bonds is 5. The van der Waals surface area contributed by atoms with Gasteiger partial charge in [-0.3, -0.25) is 4.79 Å². The third kappa shape index (κ3) is 3.82. The molecule has 0 amide bonds. The molecule has 0 saturated heterocycles. The summed E-state index contributed by atoms with van der Waals surface area (Å²) in [6, 6.07) is 8.14. The number of aromatic nitrogens is 3. The number of sulfonamides is 1. The van der Waals surface area contributed by atoms with Crippen LogP contribution in [0.25, 0.3) is 16.9 Å². The Morgan fingerprint density at radius 3 is 2.50 bits per heavy atom. The van der Waals surface area contributed by atoms with Gasteiger partial charge in [-0.05, 0) is 51.3 Å². The van der Waals surface area contributed by atoms with E-state index in [0.717, 1.165) is 25.7 Å². The molecular formula is C21H24N4O4S. The minimum absolute atomic E-state index is 0.0161. The summed E-state index contributed by atoms with van der Waals surface area (Å²) < 4.78 is 35.2. The molecule has 1 aliphatic carbocycles. The molecule has 0 spiro atoms. The fourth-order valence-corrected chi connectivity index (χ4v) is 5.46. The zero-order chi connectivity index (χ0) is 21.5. The highest BCUT2D eigenvalue weighted by Crippen LogP contribution is 2.26. The molecule has 158 valence electrons. The monoisotopic (exact) mass is 428 g/mol. The first-order chi connectivity index (χ1) is 14.3. The summed E-state index contributed by atoms with van der Waals surface area (Å²) in [6.07, 6.45) is 3.81. The number of nitrogens with one attached hydrogen (secondary N) is 1. The van der Waals surface area contributed by atoms with Crippen LogP contribution in [0.3, 0.4) is 0 Å². The summed E-state index contributed by atoms with van der Waals surface area (Å²) in [4.78, 5) is 12.6. The highest BCUT2D eigenvalue weighted by atomic mass is 32.2. The first-order valence-electron chi connectivity index (χ1n) is 9.93. The maximum atomic E-state index is 13.0. The molecule has 1 aliphatic rings. The SMILES string of the molecule is Cc1ccc(-c2ccc(=O)n(-c3c(C)noc3C)n2)cc1S(=O)(=O)NC1CCCC1. The summed E-state index contributed by atoms with van der Waals surface area (Å²) >= 11 is 0. The lowest BCUT2D eigenvalue weighted by molar-refractivity contribution is 0.392. The van der Waals surface area contributed by atoms with Crippen molar-refractivity contribution in [2.75, 3.05) is 0 Å². The van der Waals surface area contributed by atoms with E-state index in [0.29, 0.717) is 34.0 Å². The van der Waals surface area contributed by atoms with Crippen LogP contribution in [0.5, 0.6) is 0 Å². The van der Waals surface area contributed by atoms with E-state index in [1.165, 1.54) is 10.7 Å². The number of hydrogen-bond acceptors (Lipinski definition) is 6. The fraction of sp³-hybridized carbons (Fsp3) is 0.381. The van der Waals surface area contributed by atoms with E-state index in [2.05, 4.69) is 15.0 Å². The van der Waals surface area contributed by atoms with Gasteiger partial charge < -0.3 is 4.52 Å². The van der Waals surface area contributed by atoms with Gasteiger partial charge in [0, 0.05) is 17.7 Å². The third-order valence-corrected chi connectivity index (χ3v) is 7.12. The number of benzene rings is 1. The largest absolute Gasteiger partial charge is 0.359 e.